The van der Waals surface area contributed by atoms with E-state index < -0.39 is 0 Å². The van der Waals surface area contributed by atoms with E-state index in [1.165, 1.54) is 0 Å². The van der Waals surface area contributed by atoms with Crippen LogP contribution in [0.3, 0.4) is 0 Å². The smallest absolute Gasteiger partial charge is 0.134 e. The summed E-state index contributed by atoms with van der Waals surface area (Å²) in [5.41, 5.74) is 8.11. The van der Waals surface area contributed by atoms with Crippen molar-refractivity contribution in [2.75, 3.05) is 6.61 Å². The van der Waals surface area contributed by atoms with E-state index in [2.05, 4.69) is 17.1 Å². The van der Waals surface area contributed by atoms with Gasteiger partial charge in [0.05, 0.1) is 5.69 Å². The Morgan fingerprint density at radius 2 is 2.00 bits per heavy atom. The van der Waals surface area contributed by atoms with Crippen LogP contribution in [0, 0.1) is 6.92 Å². The average molecular weight is 276 g/mol. The van der Waals surface area contributed by atoms with Crippen molar-refractivity contribution in [3.63, 3.8) is 0 Å². The van der Waals surface area contributed by atoms with Gasteiger partial charge in [0, 0.05) is 17.5 Å². The highest BCUT2D eigenvalue weighted by atomic mass is 32.1. The van der Waals surface area contributed by atoms with Gasteiger partial charge in [-0.1, -0.05) is 30.3 Å². The Balaban J connectivity index is 2.37. The van der Waals surface area contributed by atoms with Crippen molar-refractivity contribution >= 4 is 11.3 Å². The lowest BCUT2D eigenvalue weighted by molar-refractivity contribution is 0.0911. The number of rotatable bonds is 5. The first-order chi connectivity index (χ1) is 9.13. The van der Waals surface area contributed by atoms with Crippen molar-refractivity contribution in [2.24, 2.45) is 5.73 Å². The molecule has 2 aromatic rings. The van der Waals surface area contributed by atoms with Crippen LogP contribution in [0.2, 0.25) is 0 Å². The molecule has 0 radical (unpaired) electrons. The SMILES string of the molecule is CCOC(c1ccccc1)c1nc(C)c(C(C)N)s1. The Bertz CT molecular complexity index is 522. The molecule has 2 unspecified atom stereocenters. The van der Waals surface area contributed by atoms with Crippen LogP contribution in [0.4, 0.5) is 0 Å². The number of ether oxygens (including phenoxy) is 1. The van der Waals surface area contributed by atoms with Crippen molar-refractivity contribution in [3.8, 4) is 0 Å². The fourth-order valence-corrected chi connectivity index (χ4v) is 3.17. The normalized spacial score (nSPS) is 14.3. The summed E-state index contributed by atoms with van der Waals surface area (Å²) in [5, 5.41) is 0.984. The summed E-state index contributed by atoms with van der Waals surface area (Å²) in [4.78, 5) is 5.78. The minimum absolute atomic E-state index is 0.0179. The molecular formula is C15H20N2OS. The lowest BCUT2D eigenvalue weighted by atomic mass is 10.1. The number of aromatic nitrogens is 1. The lowest BCUT2D eigenvalue weighted by Gasteiger charge is -2.14. The van der Waals surface area contributed by atoms with Crippen LogP contribution in [0.15, 0.2) is 30.3 Å². The maximum Gasteiger partial charge on any atom is 0.134 e. The Labute approximate surface area is 118 Å². The quantitative estimate of drug-likeness (QED) is 0.907. The molecule has 4 heteroatoms. The number of nitrogens with two attached hydrogens (primary N) is 1. The van der Waals surface area contributed by atoms with Gasteiger partial charge in [-0.05, 0) is 26.3 Å². The predicted molar refractivity (Wildman–Crippen MR) is 79.4 cm³/mol. The summed E-state index contributed by atoms with van der Waals surface area (Å²) in [5.74, 6) is 0. The van der Waals surface area contributed by atoms with Crippen LogP contribution in [-0.2, 0) is 4.74 Å². The molecule has 0 aliphatic carbocycles. The van der Waals surface area contributed by atoms with Gasteiger partial charge in [-0.3, -0.25) is 0 Å². The van der Waals surface area contributed by atoms with Crippen LogP contribution < -0.4 is 5.73 Å². The summed E-state index contributed by atoms with van der Waals surface area (Å²) in [6.07, 6.45) is -0.0950. The van der Waals surface area contributed by atoms with Gasteiger partial charge in [-0.15, -0.1) is 11.3 Å². The average Bonchev–Trinajstić information content (AvgIpc) is 2.79. The summed E-state index contributed by atoms with van der Waals surface area (Å²) < 4.78 is 5.87. The van der Waals surface area contributed by atoms with E-state index in [0.29, 0.717) is 6.61 Å². The Kier molecular flexibility index (Phi) is 4.69. The van der Waals surface area contributed by atoms with E-state index in [1.807, 2.05) is 39.0 Å². The van der Waals surface area contributed by atoms with Crippen molar-refractivity contribution in [1.29, 1.82) is 0 Å². The number of benzene rings is 1. The second-order valence-electron chi connectivity index (χ2n) is 4.54. The van der Waals surface area contributed by atoms with E-state index in [1.54, 1.807) is 11.3 Å². The first kappa shape index (κ1) is 14.2. The van der Waals surface area contributed by atoms with Gasteiger partial charge < -0.3 is 10.5 Å². The zero-order valence-electron chi connectivity index (χ0n) is 11.6. The Hall–Kier alpha value is -1.23. The third kappa shape index (κ3) is 3.21. The maximum atomic E-state index is 5.97. The molecular weight excluding hydrogens is 256 g/mol. The number of hydrogen-bond acceptors (Lipinski definition) is 4. The van der Waals surface area contributed by atoms with Gasteiger partial charge >= 0.3 is 0 Å². The third-order valence-electron chi connectivity index (χ3n) is 2.92. The van der Waals surface area contributed by atoms with Gasteiger partial charge in [0.1, 0.15) is 11.1 Å². The highest BCUT2D eigenvalue weighted by molar-refractivity contribution is 7.11. The summed E-state index contributed by atoms with van der Waals surface area (Å²) in [7, 11) is 0. The van der Waals surface area contributed by atoms with Gasteiger partial charge in [0.2, 0.25) is 0 Å². The molecule has 2 atom stereocenters. The van der Waals surface area contributed by atoms with Crippen molar-refractivity contribution in [1.82, 2.24) is 4.98 Å². The topological polar surface area (TPSA) is 48.1 Å². The van der Waals surface area contributed by atoms with Crippen LogP contribution in [0.1, 0.15) is 47.1 Å². The molecule has 19 heavy (non-hydrogen) atoms. The molecule has 0 saturated carbocycles. The van der Waals surface area contributed by atoms with Crippen LogP contribution in [0.5, 0.6) is 0 Å². The molecule has 0 saturated heterocycles. The number of nitrogens with zero attached hydrogens (tertiary/aromatic N) is 1. The van der Waals surface area contributed by atoms with Crippen LogP contribution in [0.25, 0.3) is 0 Å². The monoisotopic (exact) mass is 276 g/mol. The summed E-state index contributed by atoms with van der Waals surface area (Å²) >= 11 is 1.65. The van der Waals surface area contributed by atoms with E-state index in [4.69, 9.17) is 10.5 Å². The van der Waals surface area contributed by atoms with Crippen LogP contribution >= 0.6 is 11.3 Å². The minimum atomic E-state index is -0.0950. The second kappa shape index (κ2) is 6.28. The fourth-order valence-electron chi connectivity index (χ4n) is 2.07. The summed E-state index contributed by atoms with van der Waals surface area (Å²) in [6, 6.07) is 10.2. The standard InChI is InChI=1S/C15H20N2OS/c1-4-18-13(12-8-6-5-7-9-12)15-17-11(3)14(19-15)10(2)16/h5-10,13H,4,16H2,1-3H3. The molecule has 0 bridgehead atoms. The lowest BCUT2D eigenvalue weighted by Crippen LogP contribution is -2.05. The van der Waals surface area contributed by atoms with E-state index >= 15 is 0 Å². The predicted octanol–water partition coefficient (Wildman–Crippen LogP) is 3.60. The molecule has 0 fully saturated rings. The largest absolute Gasteiger partial charge is 0.367 e. The molecule has 1 aromatic heterocycles. The number of hydrogen-bond donors (Lipinski definition) is 1. The summed E-state index contributed by atoms with van der Waals surface area (Å²) in [6.45, 7) is 6.66. The van der Waals surface area contributed by atoms with E-state index in [0.717, 1.165) is 21.1 Å². The Morgan fingerprint density at radius 1 is 1.32 bits per heavy atom. The molecule has 1 aromatic carbocycles. The maximum absolute atomic E-state index is 5.97. The molecule has 0 spiro atoms. The molecule has 1 heterocycles. The fraction of sp³-hybridized carbons (Fsp3) is 0.400. The Morgan fingerprint density at radius 3 is 2.53 bits per heavy atom. The van der Waals surface area contributed by atoms with Crippen molar-refractivity contribution in [3.05, 3.63) is 51.5 Å². The molecule has 2 rings (SSSR count). The van der Waals surface area contributed by atoms with Gasteiger partial charge in [-0.2, -0.15) is 0 Å². The van der Waals surface area contributed by atoms with Gasteiger partial charge in [0.25, 0.3) is 0 Å². The van der Waals surface area contributed by atoms with Gasteiger partial charge in [-0.25, -0.2) is 4.98 Å². The van der Waals surface area contributed by atoms with Crippen molar-refractivity contribution in [2.45, 2.75) is 32.9 Å². The number of aryl methyl sites for hydroxylation is 1. The molecule has 2 N–H and O–H groups in total. The molecule has 3 nitrogen and oxygen atoms in total. The number of thiazole rings is 1. The van der Waals surface area contributed by atoms with E-state index in [9.17, 15) is 0 Å². The highest BCUT2D eigenvalue weighted by Gasteiger charge is 2.20. The first-order valence-electron chi connectivity index (χ1n) is 6.52. The first-order valence-corrected chi connectivity index (χ1v) is 7.34. The van der Waals surface area contributed by atoms with Gasteiger partial charge in [0.15, 0.2) is 0 Å². The zero-order chi connectivity index (χ0) is 13.8. The zero-order valence-corrected chi connectivity index (χ0v) is 12.4. The minimum Gasteiger partial charge on any atom is -0.367 e. The highest BCUT2D eigenvalue weighted by Crippen LogP contribution is 2.33. The second-order valence-corrected chi connectivity index (χ2v) is 5.60. The third-order valence-corrected chi connectivity index (χ3v) is 4.32. The van der Waals surface area contributed by atoms with Crippen molar-refractivity contribution < 1.29 is 4.74 Å². The molecule has 102 valence electrons. The molecule has 0 amide bonds. The molecule has 0 aliphatic heterocycles. The van der Waals surface area contributed by atoms with Crippen LogP contribution in [-0.4, -0.2) is 11.6 Å². The van der Waals surface area contributed by atoms with E-state index in [-0.39, 0.29) is 12.1 Å². The molecule has 0 aliphatic rings.